The molecule has 0 aromatic heterocycles. The Morgan fingerprint density at radius 3 is 2.26 bits per heavy atom. The van der Waals surface area contributed by atoms with Crippen LogP contribution in [0.4, 0.5) is 5.69 Å². The van der Waals surface area contributed by atoms with Crippen LogP contribution in [0, 0.1) is 0 Å². The van der Waals surface area contributed by atoms with Crippen LogP contribution in [-0.4, -0.2) is 58.9 Å². The third kappa shape index (κ3) is 6.04. The normalized spacial score (nSPS) is 15.8. The number of aliphatic imine (C=N–C) groups is 1. The van der Waals surface area contributed by atoms with Gasteiger partial charge in [-0.3, -0.25) is 9.89 Å². The molecule has 7 heteroatoms. The van der Waals surface area contributed by atoms with E-state index < -0.39 is 0 Å². The number of guanidine groups is 1. The monoisotopic (exact) mass is 426 g/mol. The van der Waals surface area contributed by atoms with Crippen molar-refractivity contribution in [3.8, 4) is 17.2 Å². The minimum absolute atomic E-state index is 0.259. The zero-order valence-electron chi connectivity index (χ0n) is 19.0. The van der Waals surface area contributed by atoms with Gasteiger partial charge in [0.25, 0.3) is 0 Å². The molecular weight excluding hydrogens is 392 g/mol. The quantitative estimate of drug-likeness (QED) is 0.493. The molecule has 7 nitrogen and oxygen atoms in total. The average molecular weight is 427 g/mol. The highest BCUT2D eigenvalue weighted by molar-refractivity contribution is 5.93. The summed E-state index contributed by atoms with van der Waals surface area (Å²) in [5.74, 6) is 2.95. The van der Waals surface area contributed by atoms with Gasteiger partial charge in [0.1, 0.15) is 5.75 Å². The lowest BCUT2D eigenvalue weighted by molar-refractivity contribution is 0.164. The van der Waals surface area contributed by atoms with E-state index in [9.17, 15) is 0 Å². The average Bonchev–Trinajstić information content (AvgIpc) is 2.84. The maximum atomic E-state index is 5.40. The molecule has 31 heavy (non-hydrogen) atoms. The molecule has 0 spiro atoms. The first kappa shape index (κ1) is 22.7. The van der Waals surface area contributed by atoms with Gasteiger partial charge in [-0.2, -0.15) is 0 Å². The van der Waals surface area contributed by atoms with E-state index in [1.54, 1.807) is 28.4 Å². The van der Waals surface area contributed by atoms with Gasteiger partial charge in [-0.05, 0) is 55.8 Å². The summed E-state index contributed by atoms with van der Waals surface area (Å²) < 4.78 is 16.1. The van der Waals surface area contributed by atoms with Crippen LogP contribution < -0.4 is 24.8 Å². The van der Waals surface area contributed by atoms with Gasteiger partial charge in [0.05, 0.1) is 27.4 Å². The number of methoxy groups -OCH3 is 3. The summed E-state index contributed by atoms with van der Waals surface area (Å²) in [4.78, 5) is 6.96. The molecule has 1 fully saturated rings. The summed E-state index contributed by atoms with van der Waals surface area (Å²) in [5, 5.41) is 6.85. The molecule has 0 amide bonds. The standard InChI is InChI=1S/C24H34N4O3/c1-25-24(27-19-10-13-22(30-3)23(16-19)31-4)26-17-21(28-14-6-5-7-15-28)18-8-11-20(29-2)12-9-18/h8-13,16,21H,5-7,14-15,17H2,1-4H3,(H2,25,26,27). The fourth-order valence-corrected chi connectivity index (χ4v) is 3.94. The Morgan fingerprint density at radius 2 is 1.65 bits per heavy atom. The van der Waals surface area contributed by atoms with Gasteiger partial charge in [0.15, 0.2) is 17.5 Å². The molecule has 1 aliphatic rings. The molecule has 3 rings (SSSR count). The largest absolute Gasteiger partial charge is 0.497 e. The molecule has 0 radical (unpaired) electrons. The summed E-state index contributed by atoms with van der Waals surface area (Å²) >= 11 is 0. The fraction of sp³-hybridized carbons (Fsp3) is 0.458. The molecule has 1 atom stereocenters. The van der Waals surface area contributed by atoms with E-state index in [0.717, 1.165) is 31.1 Å². The van der Waals surface area contributed by atoms with Crippen LogP contribution in [0.5, 0.6) is 17.2 Å². The molecule has 1 heterocycles. The van der Waals surface area contributed by atoms with Gasteiger partial charge in [0, 0.05) is 25.3 Å². The van der Waals surface area contributed by atoms with E-state index in [4.69, 9.17) is 14.2 Å². The summed E-state index contributed by atoms with van der Waals surface area (Å²) in [7, 11) is 6.74. The highest BCUT2D eigenvalue weighted by Crippen LogP contribution is 2.30. The Kier molecular flexibility index (Phi) is 8.41. The van der Waals surface area contributed by atoms with E-state index in [1.807, 2.05) is 30.3 Å². The van der Waals surface area contributed by atoms with Crippen molar-refractivity contribution in [3.05, 3.63) is 48.0 Å². The van der Waals surface area contributed by atoms with E-state index in [-0.39, 0.29) is 6.04 Å². The number of rotatable bonds is 8. The van der Waals surface area contributed by atoms with Crippen LogP contribution in [0.3, 0.4) is 0 Å². The number of benzene rings is 2. The minimum atomic E-state index is 0.259. The molecule has 1 unspecified atom stereocenters. The lowest BCUT2D eigenvalue weighted by Crippen LogP contribution is -2.42. The second kappa shape index (κ2) is 11.5. The van der Waals surface area contributed by atoms with Crippen molar-refractivity contribution in [1.82, 2.24) is 10.2 Å². The number of hydrogen-bond acceptors (Lipinski definition) is 5. The van der Waals surface area contributed by atoms with Gasteiger partial charge < -0.3 is 24.8 Å². The summed E-state index contributed by atoms with van der Waals surface area (Å²) in [6.45, 7) is 2.97. The summed E-state index contributed by atoms with van der Waals surface area (Å²) in [6.07, 6.45) is 3.79. The van der Waals surface area contributed by atoms with Gasteiger partial charge in [0.2, 0.25) is 0 Å². The van der Waals surface area contributed by atoms with Crippen molar-refractivity contribution in [1.29, 1.82) is 0 Å². The number of nitrogens with one attached hydrogen (secondary N) is 2. The van der Waals surface area contributed by atoms with Crippen LogP contribution in [-0.2, 0) is 0 Å². The number of nitrogens with zero attached hydrogens (tertiary/aromatic N) is 2. The topological polar surface area (TPSA) is 67.4 Å². The maximum Gasteiger partial charge on any atom is 0.195 e. The van der Waals surface area contributed by atoms with Crippen LogP contribution in [0.15, 0.2) is 47.5 Å². The van der Waals surface area contributed by atoms with Gasteiger partial charge in [-0.1, -0.05) is 18.6 Å². The Hall–Kier alpha value is -2.93. The minimum Gasteiger partial charge on any atom is -0.497 e. The first-order valence-corrected chi connectivity index (χ1v) is 10.8. The van der Waals surface area contributed by atoms with Crippen molar-refractivity contribution in [2.24, 2.45) is 4.99 Å². The highest BCUT2D eigenvalue weighted by Gasteiger charge is 2.22. The SMILES string of the molecule is CN=C(NCC(c1ccc(OC)cc1)N1CCCCC1)Nc1ccc(OC)c(OC)c1. The molecule has 0 bridgehead atoms. The van der Waals surface area contributed by atoms with Gasteiger partial charge in [-0.15, -0.1) is 0 Å². The first-order valence-electron chi connectivity index (χ1n) is 10.8. The summed E-state index contributed by atoms with van der Waals surface area (Å²) in [6, 6.07) is 14.4. The van der Waals surface area contributed by atoms with Crippen molar-refractivity contribution < 1.29 is 14.2 Å². The lowest BCUT2D eigenvalue weighted by Gasteiger charge is -2.35. The molecule has 1 aliphatic heterocycles. The zero-order valence-corrected chi connectivity index (χ0v) is 19.0. The predicted octanol–water partition coefficient (Wildman–Crippen LogP) is 3.93. The Balaban J connectivity index is 1.71. The molecule has 2 N–H and O–H groups in total. The number of hydrogen-bond donors (Lipinski definition) is 2. The summed E-state index contributed by atoms with van der Waals surface area (Å²) in [5.41, 5.74) is 2.15. The van der Waals surface area contributed by atoms with E-state index in [2.05, 4.69) is 32.7 Å². The number of ether oxygens (including phenoxy) is 3. The van der Waals surface area contributed by atoms with Crippen LogP contribution in [0.2, 0.25) is 0 Å². The van der Waals surface area contributed by atoms with E-state index in [0.29, 0.717) is 17.5 Å². The van der Waals surface area contributed by atoms with E-state index >= 15 is 0 Å². The first-order chi connectivity index (χ1) is 15.2. The fourth-order valence-electron chi connectivity index (χ4n) is 3.94. The van der Waals surface area contributed by atoms with Crippen LogP contribution in [0.1, 0.15) is 30.9 Å². The third-order valence-corrected chi connectivity index (χ3v) is 5.66. The number of likely N-dealkylation sites (tertiary alicyclic amines) is 1. The van der Waals surface area contributed by atoms with Crippen molar-refractivity contribution in [2.45, 2.75) is 25.3 Å². The molecular formula is C24H34N4O3. The molecule has 0 saturated carbocycles. The van der Waals surface area contributed by atoms with Crippen molar-refractivity contribution >= 4 is 11.6 Å². The zero-order chi connectivity index (χ0) is 22.1. The number of anilines is 1. The van der Waals surface area contributed by atoms with Crippen LogP contribution >= 0.6 is 0 Å². The Morgan fingerprint density at radius 1 is 0.935 bits per heavy atom. The molecule has 1 saturated heterocycles. The predicted molar refractivity (Wildman–Crippen MR) is 126 cm³/mol. The molecule has 2 aromatic carbocycles. The Bertz CT molecular complexity index is 848. The maximum absolute atomic E-state index is 5.40. The highest BCUT2D eigenvalue weighted by atomic mass is 16.5. The second-order valence-electron chi connectivity index (χ2n) is 7.53. The van der Waals surface area contributed by atoms with Gasteiger partial charge in [-0.25, -0.2) is 0 Å². The van der Waals surface area contributed by atoms with Gasteiger partial charge >= 0.3 is 0 Å². The molecule has 2 aromatic rings. The number of piperidine rings is 1. The Labute approximate surface area is 185 Å². The van der Waals surface area contributed by atoms with Crippen LogP contribution in [0.25, 0.3) is 0 Å². The third-order valence-electron chi connectivity index (χ3n) is 5.66. The molecule has 168 valence electrons. The molecule has 0 aliphatic carbocycles. The second-order valence-corrected chi connectivity index (χ2v) is 7.53. The van der Waals surface area contributed by atoms with Crippen molar-refractivity contribution in [3.63, 3.8) is 0 Å². The van der Waals surface area contributed by atoms with E-state index in [1.165, 1.54) is 24.8 Å². The smallest absolute Gasteiger partial charge is 0.195 e. The lowest BCUT2D eigenvalue weighted by atomic mass is 10.0. The van der Waals surface area contributed by atoms with Crippen molar-refractivity contribution in [2.75, 3.05) is 53.3 Å².